The van der Waals surface area contributed by atoms with Crippen LogP contribution in [0.15, 0.2) is 58.2 Å². The van der Waals surface area contributed by atoms with Gasteiger partial charge in [0.05, 0.1) is 29.9 Å². The van der Waals surface area contributed by atoms with Crippen molar-refractivity contribution in [3.63, 3.8) is 0 Å². The number of thiocarbonyl (C=S) groups is 1. The highest BCUT2D eigenvalue weighted by Gasteiger charge is 2.37. The van der Waals surface area contributed by atoms with E-state index in [-0.39, 0.29) is 27.6 Å². The van der Waals surface area contributed by atoms with Gasteiger partial charge in [-0.15, -0.1) is 0 Å². The van der Waals surface area contributed by atoms with Gasteiger partial charge in [-0.2, -0.15) is 13.2 Å². The van der Waals surface area contributed by atoms with Gasteiger partial charge in [0.1, 0.15) is 0 Å². The number of esters is 1. The topological polar surface area (TPSA) is 78.9 Å². The van der Waals surface area contributed by atoms with Crippen molar-refractivity contribution in [2.75, 3.05) is 12.0 Å². The molecule has 2 aromatic carbocycles. The van der Waals surface area contributed by atoms with Crippen LogP contribution in [0.5, 0.6) is 0 Å². The monoisotopic (exact) mass is 528 g/mol. The average molecular weight is 529 g/mol. The lowest BCUT2D eigenvalue weighted by Gasteiger charge is -2.38. The SMILES string of the molecule is COC(=O)C1=C(C)N(c2cccc(C(F)(F)F)c2)C(=S)NC1c1ccc(C(=O)O)cc1Br. The maximum absolute atomic E-state index is 13.2. The zero-order valence-corrected chi connectivity index (χ0v) is 19.1. The lowest BCUT2D eigenvalue weighted by atomic mass is 9.94. The number of nitrogens with zero attached hydrogens (tertiary/aromatic N) is 1. The second-order valence-corrected chi connectivity index (χ2v) is 8.04. The van der Waals surface area contributed by atoms with Crippen molar-refractivity contribution in [3.05, 3.63) is 74.9 Å². The molecular formula is C21H16BrF3N2O4S. The van der Waals surface area contributed by atoms with Gasteiger partial charge in [0.15, 0.2) is 5.11 Å². The first kappa shape index (κ1) is 23.7. The molecule has 0 bridgehead atoms. The number of anilines is 1. The van der Waals surface area contributed by atoms with Crippen LogP contribution in [0.1, 0.15) is 34.5 Å². The van der Waals surface area contributed by atoms with Gasteiger partial charge in [-0.05, 0) is 55.0 Å². The Labute approximate surface area is 194 Å². The van der Waals surface area contributed by atoms with Crippen LogP contribution in [0.25, 0.3) is 0 Å². The Morgan fingerprint density at radius 1 is 1.22 bits per heavy atom. The second-order valence-electron chi connectivity index (χ2n) is 6.80. The highest BCUT2D eigenvalue weighted by atomic mass is 79.9. The fourth-order valence-corrected chi connectivity index (χ4v) is 4.35. The molecule has 1 atom stereocenters. The summed E-state index contributed by atoms with van der Waals surface area (Å²) in [5.41, 5.74) is 0.182. The number of benzene rings is 2. The minimum atomic E-state index is -4.55. The maximum atomic E-state index is 13.2. The number of halogens is 4. The van der Waals surface area contributed by atoms with Crippen molar-refractivity contribution in [1.82, 2.24) is 5.32 Å². The molecule has 1 heterocycles. The Bertz CT molecular complexity index is 1150. The number of aromatic carboxylic acids is 1. The fourth-order valence-electron chi connectivity index (χ4n) is 3.38. The van der Waals surface area contributed by atoms with Gasteiger partial charge in [-0.25, -0.2) is 9.59 Å². The summed E-state index contributed by atoms with van der Waals surface area (Å²) in [4.78, 5) is 25.2. The predicted molar refractivity (Wildman–Crippen MR) is 118 cm³/mol. The number of hydrogen-bond acceptors (Lipinski definition) is 4. The number of carboxylic acids is 1. The first-order chi connectivity index (χ1) is 15.0. The van der Waals surface area contributed by atoms with Crippen LogP contribution in [-0.4, -0.2) is 29.3 Å². The molecule has 0 amide bonds. The minimum Gasteiger partial charge on any atom is -0.478 e. The molecule has 1 aliphatic rings. The molecule has 11 heteroatoms. The largest absolute Gasteiger partial charge is 0.478 e. The highest BCUT2D eigenvalue weighted by molar-refractivity contribution is 9.10. The molecular weight excluding hydrogens is 513 g/mol. The Morgan fingerprint density at radius 2 is 1.91 bits per heavy atom. The van der Waals surface area contributed by atoms with Gasteiger partial charge in [0, 0.05) is 15.9 Å². The summed E-state index contributed by atoms with van der Waals surface area (Å²) in [6.07, 6.45) is -4.55. The minimum absolute atomic E-state index is 0.0323. The summed E-state index contributed by atoms with van der Waals surface area (Å²) < 4.78 is 44.9. The van der Waals surface area contributed by atoms with E-state index < -0.39 is 29.7 Å². The smallest absolute Gasteiger partial charge is 0.416 e. The predicted octanol–water partition coefficient (Wildman–Crippen LogP) is 5.05. The van der Waals surface area contributed by atoms with E-state index in [1.54, 1.807) is 6.92 Å². The van der Waals surface area contributed by atoms with Crippen molar-refractivity contribution in [2.45, 2.75) is 19.1 Å². The third-order valence-electron chi connectivity index (χ3n) is 4.88. The van der Waals surface area contributed by atoms with Crippen molar-refractivity contribution in [3.8, 4) is 0 Å². The van der Waals surface area contributed by atoms with E-state index in [9.17, 15) is 27.9 Å². The normalized spacial score (nSPS) is 16.6. The second kappa shape index (κ2) is 8.91. The third kappa shape index (κ3) is 4.49. The summed E-state index contributed by atoms with van der Waals surface area (Å²) in [7, 11) is 1.18. The number of carbonyl (C=O) groups excluding carboxylic acids is 1. The molecule has 1 aliphatic heterocycles. The number of alkyl halides is 3. The molecule has 0 aromatic heterocycles. The van der Waals surface area contributed by atoms with Crippen molar-refractivity contribution >= 4 is 50.9 Å². The lowest BCUT2D eigenvalue weighted by molar-refractivity contribution is -0.138. The molecule has 2 N–H and O–H groups in total. The van der Waals surface area contributed by atoms with Crippen LogP contribution in [0.3, 0.4) is 0 Å². The quantitative estimate of drug-likeness (QED) is 0.424. The van der Waals surface area contributed by atoms with Crippen LogP contribution < -0.4 is 10.2 Å². The summed E-state index contributed by atoms with van der Waals surface area (Å²) >= 11 is 8.75. The molecule has 168 valence electrons. The maximum Gasteiger partial charge on any atom is 0.416 e. The number of rotatable bonds is 4. The van der Waals surface area contributed by atoms with E-state index in [0.29, 0.717) is 10.0 Å². The summed E-state index contributed by atoms with van der Waals surface area (Å²) in [5, 5.41) is 12.2. The van der Waals surface area contributed by atoms with Crippen LogP contribution in [0.2, 0.25) is 0 Å². The number of allylic oxidation sites excluding steroid dienone is 1. The van der Waals surface area contributed by atoms with Crippen molar-refractivity contribution in [2.24, 2.45) is 0 Å². The highest BCUT2D eigenvalue weighted by Crippen LogP contribution is 2.38. The van der Waals surface area contributed by atoms with Crippen LogP contribution in [-0.2, 0) is 15.7 Å². The van der Waals surface area contributed by atoms with E-state index >= 15 is 0 Å². The molecule has 0 aliphatic carbocycles. The summed E-state index contributed by atoms with van der Waals surface area (Å²) in [6, 6.07) is 8.01. The van der Waals surface area contributed by atoms with Gasteiger partial charge in [-0.3, -0.25) is 4.90 Å². The number of carboxylic acid groups (broad SMARTS) is 1. The van der Waals surface area contributed by atoms with E-state index in [1.807, 2.05) is 0 Å². The summed E-state index contributed by atoms with van der Waals surface area (Å²) in [6.45, 7) is 1.55. The molecule has 0 radical (unpaired) electrons. The van der Waals surface area contributed by atoms with Crippen molar-refractivity contribution in [1.29, 1.82) is 0 Å². The number of methoxy groups -OCH3 is 1. The van der Waals surface area contributed by atoms with Gasteiger partial charge in [-0.1, -0.05) is 28.1 Å². The number of nitrogens with one attached hydrogen (secondary N) is 1. The molecule has 1 unspecified atom stereocenters. The standard InChI is InChI=1S/C21H16BrF3N2O4S/c1-10-16(19(30)31-2)17(14-7-6-11(18(28)29)8-15(14)22)26-20(32)27(10)13-5-3-4-12(9-13)21(23,24)25/h3-9,17H,1-2H3,(H,26,32)(H,28,29). The number of carbonyl (C=O) groups is 2. The molecule has 0 spiro atoms. The van der Waals surface area contributed by atoms with E-state index in [0.717, 1.165) is 12.1 Å². The zero-order chi connectivity index (χ0) is 23.8. The van der Waals surface area contributed by atoms with Crippen LogP contribution in [0.4, 0.5) is 18.9 Å². The van der Waals surface area contributed by atoms with Gasteiger partial charge < -0.3 is 15.2 Å². The Morgan fingerprint density at radius 3 is 2.47 bits per heavy atom. The first-order valence-corrected chi connectivity index (χ1v) is 10.3. The number of ether oxygens (including phenoxy) is 1. The lowest BCUT2D eigenvalue weighted by Crippen LogP contribution is -2.48. The zero-order valence-electron chi connectivity index (χ0n) is 16.7. The van der Waals surface area contributed by atoms with E-state index in [1.165, 1.54) is 42.3 Å². The molecule has 0 fully saturated rings. The Balaban J connectivity index is 2.16. The van der Waals surface area contributed by atoms with Crippen LogP contribution >= 0.6 is 28.1 Å². The number of hydrogen-bond donors (Lipinski definition) is 2. The first-order valence-electron chi connectivity index (χ1n) is 9.05. The molecule has 2 aromatic rings. The van der Waals surface area contributed by atoms with Crippen LogP contribution in [0, 0.1) is 0 Å². The molecule has 3 rings (SSSR count). The Kier molecular flexibility index (Phi) is 6.61. The van der Waals surface area contributed by atoms with Gasteiger partial charge >= 0.3 is 18.1 Å². The van der Waals surface area contributed by atoms with E-state index in [2.05, 4.69) is 21.2 Å². The summed E-state index contributed by atoms with van der Waals surface area (Å²) in [5.74, 6) is -1.84. The molecule has 0 saturated heterocycles. The molecule has 32 heavy (non-hydrogen) atoms. The molecule has 0 saturated carbocycles. The van der Waals surface area contributed by atoms with Crippen molar-refractivity contribution < 1.29 is 32.6 Å². The fraction of sp³-hybridized carbons (Fsp3) is 0.190. The van der Waals surface area contributed by atoms with Gasteiger partial charge in [0.25, 0.3) is 0 Å². The van der Waals surface area contributed by atoms with Gasteiger partial charge in [0.2, 0.25) is 0 Å². The average Bonchev–Trinajstić information content (AvgIpc) is 2.72. The molecule has 6 nitrogen and oxygen atoms in total. The third-order valence-corrected chi connectivity index (χ3v) is 5.87. The van der Waals surface area contributed by atoms with E-state index in [4.69, 9.17) is 17.0 Å². The Hall–Kier alpha value is -2.92.